The molecule has 35 heavy (non-hydrogen) atoms. The summed E-state index contributed by atoms with van der Waals surface area (Å²) in [5.74, 6) is 0.868. The molecule has 180 valence electrons. The van der Waals surface area contributed by atoms with E-state index >= 15 is 0 Å². The Hall–Kier alpha value is -3.22. The normalized spacial score (nSPS) is 20.3. The molecule has 0 unspecified atom stereocenters. The van der Waals surface area contributed by atoms with E-state index in [0.717, 1.165) is 60.6 Å². The van der Waals surface area contributed by atoms with Crippen molar-refractivity contribution in [2.24, 2.45) is 0 Å². The minimum absolute atomic E-state index is 0.186. The summed E-state index contributed by atoms with van der Waals surface area (Å²) in [6.07, 6.45) is 5.22. The second kappa shape index (κ2) is 8.77. The predicted molar refractivity (Wildman–Crippen MR) is 142 cm³/mol. The maximum atomic E-state index is 6.20. The van der Waals surface area contributed by atoms with Crippen LogP contribution in [0.3, 0.4) is 0 Å². The fraction of sp³-hybridized carbons (Fsp3) is 0.379. The van der Waals surface area contributed by atoms with Crippen molar-refractivity contribution in [3.05, 3.63) is 65.0 Å². The average Bonchev–Trinajstić information content (AvgIpc) is 3.27. The van der Waals surface area contributed by atoms with Gasteiger partial charge in [0.05, 0.1) is 35.0 Å². The number of piperidine rings is 1. The summed E-state index contributed by atoms with van der Waals surface area (Å²) in [7, 11) is 0. The molecular weight excluding hydrogens is 434 g/mol. The molecule has 4 heterocycles. The molecule has 2 fully saturated rings. The summed E-state index contributed by atoms with van der Waals surface area (Å²) in [4.78, 5) is 15.9. The number of fused-ring (bicyclic) bond motifs is 2. The molecule has 0 bridgehead atoms. The molecule has 6 heteroatoms. The van der Waals surface area contributed by atoms with Gasteiger partial charge in [-0.15, -0.1) is 0 Å². The lowest BCUT2D eigenvalue weighted by molar-refractivity contribution is -0.00899. The molecule has 4 aromatic rings. The van der Waals surface area contributed by atoms with Crippen LogP contribution in [-0.2, 0) is 4.74 Å². The van der Waals surface area contributed by atoms with Crippen molar-refractivity contribution in [1.82, 2.24) is 20.3 Å². The Balaban J connectivity index is 1.53. The first-order chi connectivity index (χ1) is 17.0. The van der Waals surface area contributed by atoms with E-state index < -0.39 is 0 Å². The number of nitrogens with one attached hydrogen (secondary N) is 2. The Morgan fingerprint density at radius 1 is 0.943 bits per heavy atom. The lowest BCUT2D eigenvalue weighted by Crippen LogP contribution is -2.57. The van der Waals surface area contributed by atoms with Crippen molar-refractivity contribution in [3.8, 4) is 22.5 Å². The van der Waals surface area contributed by atoms with Crippen molar-refractivity contribution in [2.45, 2.75) is 46.3 Å². The zero-order valence-electron chi connectivity index (χ0n) is 21.0. The van der Waals surface area contributed by atoms with E-state index in [1.165, 1.54) is 33.5 Å². The van der Waals surface area contributed by atoms with Gasteiger partial charge in [0, 0.05) is 43.6 Å². The maximum absolute atomic E-state index is 6.20. The van der Waals surface area contributed by atoms with Crippen LogP contribution in [0.5, 0.6) is 0 Å². The van der Waals surface area contributed by atoms with Gasteiger partial charge in [0.15, 0.2) is 0 Å². The van der Waals surface area contributed by atoms with Crippen molar-refractivity contribution in [3.63, 3.8) is 0 Å². The minimum Gasteiger partial charge on any atom is -0.373 e. The van der Waals surface area contributed by atoms with Crippen molar-refractivity contribution >= 4 is 16.7 Å². The second-order valence-electron chi connectivity index (χ2n) is 10.2. The summed E-state index contributed by atoms with van der Waals surface area (Å²) in [6.45, 7) is 12.1. The molecular formula is C29H33N5O. The number of morpholine rings is 1. The first-order valence-electron chi connectivity index (χ1n) is 12.6. The second-order valence-corrected chi connectivity index (χ2v) is 10.2. The number of aromatic nitrogens is 3. The molecule has 2 saturated heterocycles. The van der Waals surface area contributed by atoms with Gasteiger partial charge in [-0.25, -0.2) is 4.98 Å². The first-order valence-corrected chi connectivity index (χ1v) is 12.6. The van der Waals surface area contributed by atoms with E-state index in [1.54, 1.807) is 0 Å². The molecule has 2 atom stereocenters. The van der Waals surface area contributed by atoms with Crippen LogP contribution in [0.1, 0.15) is 28.7 Å². The van der Waals surface area contributed by atoms with Crippen LogP contribution < -0.4 is 10.2 Å². The number of anilines is 1. The molecule has 6 nitrogen and oxygen atoms in total. The smallest absolute Gasteiger partial charge is 0.142 e. The van der Waals surface area contributed by atoms with Gasteiger partial charge in [-0.05, 0) is 56.9 Å². The summed E-state index contributed by atoms with van der Waals surface area (Å²) in [5.41, 5.74) is 11.6. The van der Waals surface area contributed by atoms with Crippen LogP contribution in [0, 0.1) is 27.7 Å². The molecule has 2 aromatic heterocycles. The third-order valence-corrected chi connectivity index (χ3v) is 7.34. The van der Waals surface area contributed by atoms with E-state index in [0.29, 0.717) is 6.04 Å². The molecule has 0 amide bonds. The Bertz CT molecular complexity index is 1390. The van der Waals surface area contributed by atoms with E-state index in [-0.39, 0.29) is 6.10 Å². The lowest BCUT2D eigenvalue weighted by atomic mass is 9.95. The number of rotatable bonds is 3. The summed E-state index contributed by atoms with van der Waals surface area (Å²) >= 11 is 0. The highest BCUT2D eigenvalue weighted by atomic mass is 16.5. The summed E-state index contributed by atoms with van der Waals surface area (Å²) in [5, 5.41) is 3.65. The number of pyridine rings is 1. The lowest BCUT2D eigenvalue weighted by Gasteiger charge is -2.43. The van der Waals surface area contributed by atoms with Gasteiger partial charge in [0.25, 0.3) is 0 Å². The van der Waals surface area contributed by atoms with Crippen LogP contribution in [0.4, 0.5) is 5.69 Å². The Labute approximate surface area is 206 Å². The van der Waals surface area contributed by atoms with Crippen LogP contribution in [0.2, 0.25) is 0 Å². The summed E-state index contributed by atoms with van der Waals surface area (Å²) in [6, 6.07) is 11.5. The number of benzene rings is 2. The Kier molecular flexibility index (Phi) is 5.58. The Morgan fingerprint density at radius 2 is 1.71 bits per heavy atom. The van der Waals surface area contributed by atoms with Crippen molar-refractivity contribution < 1.29 is 4.74 Å². The van der Waals surface area contributed by atoms with Gasteiger partial charge >= 0.3 is 0 Å². The standard InChI is InChI=1S/C29H33N5O/c1-17-9-18(2)12-21(11-17)22-14-30-15-23(29-32-25-13-19(3)10-20(4)27(25)33-29)28(22)34-7-5-24-26(16-34)35-8-6-31-24/h9-15,24,26,31H,5-8,16H2,1-4H3,(H,32,33)/t24-,26-/m0/s1. The number of aromatic amines is 1. The van der Waals surface area contributed by atoms with Crippen LogP contribution >= 0.6 is 0 Å². The first kappa shape index (κ1) is 22.3. The predicted octanol–water partition coefficient (Wildman–Crippen LogP) is 5.09. The van der Waals surface area contributed by atoms with Crippen molar-refractivity contribution in [1.29, 1.82) is 0 Å². The topological polar surface area (TPSA) is 66.1 Å². The molecule has 2 N–H and O–H groups in total. The van der Waals surface area contributed by atoms with Gasteiger partial charge < -0.3 is 19.9 Å². The molecule has 0 saturated carbocycles. The molecule has 0 spiro atoms. The average molecular weight is 468 g/mol. The van der Waals surface area contributed by atoms with E-state index in [2.05, 4.69) is 73.2 Å². The highest BCUT2D eigenvalue weighted by Gasteiger charge is 2.34. The molecule has 0 radical (unpaired) electrons. The number of imidazole rings is 1. The number of nitrogens with zero attached hydrogens (tertiary/aromatic N) is 3. The number of ether oxygens (including phenoxy) is 1. The van der Waals surface area contributed by atoms with Crippen LogP contribution in [-0.4, -0.2) is 53.3 Å². The third-order valence-electron chi connectivity index (χ3n) is 7.34. The van der Waals surface area contributed by atoms with Crippen LogP contribution in [0.25, 0.3) is 33.5 Å². The number of hydrogen-bond donors (Lipinski definition) is 2. The zero-order valence-corrected chi connectivity index (χ0v) is 21.0. The van der Waals surface area contributed by atoms with Gasteiger partial charge in [0.2, 0.25) is 0 Å². The number of hydrogen-bond acceptors (Lipinski definition) is 5. The minimum atomic E-state index is 0.186. The fourth-order valence-electron chi connectivity index (χ4n) is 5.88. The van der Waals surface area contributed by atoms with Gasteiger partial charge in [-0.2, -0.15) is 0 Å². The zero-order chi connectivity index (χ0) is 24.1. The highest BCUT2D eigenvalue weighted by Crippen LogP contribution is 2.40. The van der Waals surface area contributed by atoms with Gasteiger partial charge in [0.1, 0.15) is 5.82 Å². The van der Waals surface area contributed by atoms with Crippen LogP contribution in [0.15, 0.2) is 42.7 Å². The molecule has 2 aliphatic rings. The largest absolute Gasteiger partial charge is 0.373 e. The van der Waals surface area contributed by atoms with Crippen molar-refractivity contribution in [2.75, 3.05) is 31.1 Å². The fourth-order valence-corrected chi connectivity index (χ4v) is 5.88. The molecule has 2 aromatic carbocycles. The highest BCUT2D eigenvalue weighted by molar-refractivity contribution is 5.92. The number of aryl methyl sites for hydroxylation is 4. The van der Waals surface area contributed by atoms with Gasteiger partial charge in [-0.3, -0.25) is 4.98 Å². The number of H-pyrrole nitrogens is 1. The molecule has 2 aliphatic heterocycles. The Morgan fingerprint density at radius 3 is 2.54 bits per heavy atom. The molecule has 0 aliphatic carbocycles. The maximum Gasteiger partial charge on any atom is 0.142 e. The SMILES string of the molecule is Cc1cc(C)cc(-c2cncc(-c3nc4c(C)cc(C)cc4[nH]3)c2N2CC[C@@H]3NCCO[C@H]3C2)c1. The summed E-state index contributed by atoms with van der Waals surface area (Å²) < 4.78 is 6.20. The van der Waals surface area contributed by atoms with E-state index in [9.17, 15) is 0 Å². The van der Waals surface area contributed by atoms with Gasteiger partial charge in [-0.1, -0.05) is 35.4 Å². The third kappa shape index (κ3) is 4.11. The quantitative estimate of drug-likeness (QED) is 0.439. The van der Waals surface area contributed by atoms with E-state index in [4.69, 9.17) is 14.7 Å². The molecule has 6 rings (SSSR count). The van der Waals surface area contributed by atoms with E-state index in [1.807, 2.05) is 12.4 Å². The monoisotopic (exact) mass is 467 g/mol.